The topological polar surface area (TPSA) is 101 Å². The van der Waals surface area contributed by atoms with Crippen LogP contribution in [0.1, 0.15) is 17.5 Å². The van der Waals surface area contributed by atoms with Gasteiger partial charge < -0.3 is 5.32 Å². The van der Waals surface area contributed by atoms with Gasteiger partial charge in [0.2, 0.25) is 10.0 Å². The third-order valence-corrected chi connectivity index (χ3v) is 6.16. The summed E-state index contributed by atoms with van der Waals surface area (Å²) in [5.74, 6) is 0.517. The zero-order valence-electron chi connectivity index (χ0n) is 14.4. The highest BCUT2D eigenvalue weighted by atomic mass is 32.2. The Bertz CT molecular complexity index is 903. The lowest BCUT2D eigenvalue weighted by Gasteiger charge is -2.12. The van der Waals surface area contributed by atoms with E-state index in [1.807, 2.05) is 12.1 Å². The monoisotopic (exact) mass is 375 g/mol. The molecule has 3 rings (SSSR count). The second kappa shape index (κ2) is 7.43. The molecule has 0 saturated heterocycles. The van der Waals surface area contributed by atoms with Gasteiger partial charge in [0.05, 0.1) is 9.82 Å². The SMILES string of the molecule is CNS(=O)(=O)c1ccc(NCCC2Cc3ccccc3C2)c([N+](=O)[O-])c1. The minimum atomic E-state index is -3.72. The van der Waals surface area contributed by atoms with E-state index >= 15 is 0 Å². The molecule has 0 spiro atoms. The molecule has 0 unspecified atom stereocenters. The van der Waals surface area contributed by atoms with Crippen molar-refractivity contribution in [3.05, 3.63) is 63.7 Å². The van der Waals surface area contributed by atoms with E-state index in [-0.39, 0.29) is 10.6 Å². The normalized spacial score (nSPS) is 14.2. The van der Waals surface area contributed by atoms with Crippen LogP contribution in [0.5, 0.6) is 0 Å². The van der Waals surface area contributed by atoms with E-state index in [1.54, 1.807) is 0 Å². The lowest BCUT2D eigenvalue weighted by Crippen LogP contribution is -2.19. The summed E-state index contributed by atoms with van der Waals surface area (Å²) in [5, 5.41) is 14.4. The molecule has 0 bridgehead atoms. The molecule has 0 heterocycles. The van der Waals surface area contributed by atoms with Gasteiger partial charge in [-0.05, 0) is 55.5 Å². The molecule has 0 radical (unpaired) electrons. The number of nitrogens with zero attached hydrogens (tertiary/aromatic N) is 1. The van der Waals surface area contributed by atoms with Crippen molar-refractivity contribution < 1.29 is 13.3 Å². The molecule has 2 N–H and O–H groups in total. The first-order valence-corrected chi connectivity index (χ1v) is 9.91. The lowest BCUT2D eigenvalue weighted by molar-refractivity contribution is -0.384. The summed E-state index contributed by atoms with van der Waals surface area (Å²) < 4.78 is 25.8. The summed E-state index contributed by atoms with van der Waals surface area (Å²) in [4.78, 5) is 10.6. The highest BCUT2D eigenvalue weighted by molar-refractivity contribution is 7.89. The Morgan fingerprint density at radius 1 is 1.15 bits per heavy atom. The Morgan fingerprint density at radius 2 is 1.81 bits per heavy atom. The van der Waals surface area contributed by atoms with E-state index in [2.05, 4.69) is 22.2 Å². The first-order valence-electron chi connectivity index (χ1n) is 8.43. The van der Waals surface area contributed by atoms with Gasteiger partial charge in [-0.1, -0.05) is 24.3 Å². The van der Waals surface area contributed by atoms with Crippen molar-refractivity contribution >= 4 is 21.4 Å². The largest absolute Gasteiger partial charge is 0.379 e. The number of nitro benzene ring substituents is 1. The fraction of sp³-hybridized carbons (Fsp3) is 0.333. The Balaban J connectivity index is 1.66. The number of hydrogen-bond donors (Lipinski definition) is 2. The minimum absolute atomic E-state index is 0.122. The molecule has 1 aliphatic rings. The van der Waals surface area contributed by atoms with Gasteiger partial charge in [-0.2, -0.15) is 0 Å². The summed E-state index contributed by atoms with van der Waals surface area (Å²) in [6, 6.07) is 12.3. The molecule has 138 valence electrons. The summed E-state index contributed by atoms with van der Waals surface area (Å²) in [7, 11) is -2.45. The summed E-state index contributed by atoms with van der Waals surface area (Å²) in [6.07, 6.45) is 2.95. The quantitative estimate of drug-likeness (QED) is 0.572. The number of hydrogen-bond acceptors (Lipinski definition) is 5. The maximum Gasteiger partial charge on any atom is 0.293 e. The van der Waals surface area contributed by atoms with Crippen LogP contribution in [0.25, 0.3) is 0 Å². The van der Waals surface area contributed by atoms with Gasteiger partial charge in [0.15, 0.2) is 0 Å². The number of benzene rings is 2. The highest BCUT2D eigenvalue weighted by Crippen LogP contribution is 2.30. The van der Waals surface area contributed by atoms with Gasteiger partial charge in [0.25, 0.3) is 5.69 Å². The van der Waals surface area contributed by atoms with Gasteiger partial charge in [0.1, 0.15) is 5.69 Å². The van der Waals surface area contributed by atoms with Gasteiger partial charge in [-0.3, -0.25) is 10.1 Å². The summed E-state index contributed by atoms with van der Waals surface area (Å²) in [6.45, 7) is 0.595. The first-order chi connectivity index (χ1) is 12.4. The summed E-state index contributed by atoms with van der Waals surface area (Å²) in [5.41, 5.74) is 2.85. The molecular formula is C18H21N3O4S. The van der Waals surface area contributed by atoms with E-state index in [0.717, 1.165) is 25.3 Å². The van der Waals surface area contributed by atoms with Crippen molar-refractivity contribution in [3.8, 4) is 0 Å². The van der Waals surface area contributed by atoms with Crippen LogP contribution in [-0.4, -0.2) is 26.9 Å². The zero-order valence-corrected chi connectivity index (χ0v) is 15.3. The average molecular weight is 375 g/mol. The van der Waals surface area contributed by atoms with Crippen molar-refractivity contribution in [2.24, 2.45) is 5.92 Å². The molecule has 8 heteroatoms. The second-order valence-corrected chi connectivity index (χ2v) is 8.29. The van der Waals surface area contributed by atoms with E-state index in [9.17, 15) is 18.5 Å². The van der Waals surface area contributed by atoms with Crippen LogP contribution in [0, 0.1) is 16.0 Å². The average Bonchev–Trinajstić information content (AvgIpc) is 3.04. The van der Waals surface area contributed by atoms with E-state index in [0.29, 0.717) is 18.2 Å². The lowest BCUT2D eigenvalue weighted by atomic mass is 10.0. The molecule has 7 nitrogen and oxygen atoms in total. The maximum atomic E-state index is 11.8. The molecule has 26 heavy (non-hydrogen) atoms. The van der Waals surface area contributed by atoms with Gasteiger partial charge in [0, 0.05) is 12.6 Å². The minimum Gasteiger partial charge on any atom is -0.379 e. The van der Waals surface area contributed by atoms with Gasteiger partial charge in [-0.25, -0.2) is 13.1 Å². The van der Waals surface area contributed by atoms with Gasteiger partial charge >= 0.3 is 0 Å². The first kappa shape index (κ1) is 18.3. The summed E-state index contributed by atoms with van der Waals surface area (Å²) >= 11 is 0. The smallest absolute Gasteiger partial charge is 0.293 e. The predicted molar refractivity (Wildman–Crippen MR) is 99.8 cm³/mol. The predicted octanol–water partition coefficient (Wildman–Crippen LogP) is 2.72. The highest BCUT2D eigenvalue weighted by Gasteiger charge is 2.22. The number of nitro groups is 1. The molecule has 2 aromatic carbocycles. The second-order valence-electron chi connectivity index (χ2n) is 6.40. The fourth-order valence-corrected chi connectivity index (χ4v) is 4.11. The van der Waals surface area contributed by atoms with Crippen LogP contribution >= 0.6 is 0 Å². The molecule has 0 amide bonds. The van der Waals surface area contributed by atoms with Crippen molar-refractivity contribution in [1.29, 1.82) is 0 Å². The third-order valence-electron chi connectivity index (χ3n) is 4.75. The van der Waals surface area contributed by atoms with E-state index in [4.69, 9.17) is 0 Å². The number of anilines is 1. The van der Waals surface area contributed by atoms with Crippen LogP contribution in [0.4, 0.5) is 11.4 Å². The Hall–Kier alpha value is -2.45. The number of rotatable bonds is 7. The maximum absolute atomic E-state index is 11.8. The fourth-order valence-electron chi connectivity index (χ4n) is 3.36. The molecule has 0 fully saturated rings. The molecule has 2 aromatic rings. The molecule has 0 saturated carbocycles. The number of sulfonamides is 1. The van der Waals surface area contributed by atoms with Crippen molar-refractivity contribution in [2.45, 2.75) is 24.2 Å². The molecule has 0 atom stereocenters. The number of nitrogens with one attached hydrogen (secondary N) is 2. The van der Waals surface area contributed by atoms with Crippen LogP contribution in [0.2, 0.25) is 0 Å². The molecule has 1 aliphatic carbocycles. The van der Waals surface area contributed by atoms with Crippen molar-refractivity contribution in [2.75, 3.05) is 18.9 Å². The molecule has 0 aliphatic heterocycles. The van der Waals surface area contributed by atoms with E-state index in [1.165, 1.54) is 30.3 Å². The van der Waals surface area contributed by atoms with Gasteiger partial charge in [-0.15, -0.1) is 0 Å². The Labute approximate surface area is 152 Å². The number of fused-ring (bicyclic) bond motifs is 1. The van der Waals surface area contributed by atoms with Crippen molar-refractivity contribution in [1.82, 2.24) is 4.72 Å². The standard InChI is InChI=1S/C18H21N3O4S/c1-19-26(24,25)16-6-7-17(18(12-16)21(22)23)20-9-8-13-10-14-4-2-3-5-15(14)11-13/h2-7,12-13,19-20H,8-11H2,1H3. The Kier molecular flexibility index (Phi) is 5.24. The van der Waals surface area contributed by atoms with Crippen LogP contribution in [-0.2, 0) is 22.9 Å². The van der Waals surface area contributed by atoms with Crippen LogP contribution in [0.3, 0.4) is 0 Å². The van der Waals surface area contributed by atoms with Crippen molar-refractivity contribution in [3.63, 3.8) is 0 Å². The third kappa shape index (κ3) is 3.86. The van der Waals surface area contributed by atoms with Crippen LogP contribution in [0.15, 0.2) is 47.4 Å². The van der Waals surface area contributed by atoms with Crippen LogP contribution < -0.4 is 10.0 Å². The Morgan fingerprint density at radius 3 is 2.38 bits per heavy atom. The molecular weight excluding hydrogens is 354 g/mol. The van der Waals surface area contributed by atoms with E-state index < -0.39 is 14.9 Å². The molecule has 0 aromatic heterocycles. The zero-order chi connectivity index (χ0) is 18.7.